The number of benzene rings is 1. The second-order valence-corrected chi connectivity index (χ2v) is 4.69. The largest absolute Gasteiger partial charge is 0.394 e. The van der Waals surface area contributed by atoms with E-state index in [4.69, 9.17) is 5.11 Å². The van der Waals surface area contributed by atoms with Crippen LogP contribution in [-0.2, 0) is 0 Å². The molecule has 16 heavy (non-hydrogen) atoms. The first-order valence-corrected chi connectivity index (χ1v) is 6.05. The van der Waals surface area contributed by atoms with Gasteiger partial charge in [-0.2, -0.15) is 0 Å². The van der Waals surface area contributed by atoms with E-state index in [1.54, 1.807) is 6.07 Å². The Morgan fingerprint density at radius 3 is 2.69 bits per heavy atom. The summed E-state index contributed by atoms with van der Waals surface area (Å²) in [7, 11) is 0. The fourth-order valence-corrected chi connectivity index (χ4v) is 2.02. The zero-order valence-corrected chi connectivity index (χ0v) is 11.0. The lowest BCUT2D eigenvalue weighted by Gasteiger charge is -2.14. The van der Waals surface area contributed by atoms with E-state index in [1.165, 1.54) is 0 Å². The van der Waals surface area contributed by atoms with Gasteiger partial charge >= 0.3 is 0 Å². The van der Waals surface area contributed by atoms with Gasteiger partial charge in [0.15, 0.2) is 0 Å². The number of halogens is 1. The first-order chi connectivity index (χ1) is 7.56. The molecule has 0 fully saturated rings. The molecular weight excluding hydrogens is 270 g/mol. The number of carbonyl (C=O) groups excluding carboxylic acids is 1. The lowest BCUT2D eigenvalue weighted by atomic mass is 10.1. The number of aliphatic hydroxyl groups excluding tert-OH is 1. The van der Waals surface area contributed by atoms with Crippen LogP contribution in [0.15, 0.2) is 22.7 Å². The maximum absolute atomic E-state index is 11.8. The summed E-state index contributed by atoms with van der Waals surface area (Å²) in [4.78, 5) is 11.8. The Kier molecular flexibility index (Phi) is 4.96. The first-order valence-electron chi connectivity index (χ1n) is 5.25. The smallest absolute Gasteiger partial charge is 0.251 e. The quantitative estimate of drug-likeness (QED) is 0.892. The Morgan fingerprint density at radius 1 is 1.50 bits per heavy atom. The first kappa shape index (κ1) is 13.2. The highest BCUT2D eigenvalue weighted by Crippen LogP contribution is 2.15. The minimum Gasteiger partial charge on any atom is -0.394 e. The highest BCUT2D eigenvalue weighted by Gasteiger charge is 2.11. The molecule has 1 atom stereocenters. The summed E-state index contributed by atoms with van der Waals surface area (Å²) in [5.74, 6) is -0.148. The second-order valence-electron chi connectivity index (χ2n) is 3.78. The molecule has 1 aromatic carbocycles. The van der Waals surface area contributed by atoms with Gasteiger partial charge < -0.3 is 10.4 Å². The van der Waals surface area contributed by atoms with E-state index in [-0.39, 0.29) is 18.6 Å². The van der Waals surface area contributed by atoms with Crippen molar-refractivity contribution in [2.45, 2.75) is 26.3 Å². The van der Waals surface area contributed by atoms with Crippen molar-refractivity contribution in [2.24, 2.45) is 0 Å². The van der Waals surface area contributed by atoms with Gasteiger partial charge in [0.1, 0.15) is 0 Å². The molecule has 0 bridgehead atoms. The maximum atomic E-state index is 11.8. The van der Waals surface area contributed by atoms with E-state index < -0.39 is 0 Å². The van der Waals surface area contributed by atoms with Crippen molar-refractivity contribution < 1.29 is 9.90 Å². The van der Waals surface area contributed by atoms with Crippen molar-refractivity contribution in [3.63, 3.8) is 0 Å². The average molecular weight is 286 g/mol. The van der Waals surface area contributed by atoms with Crippen LogP contribution in [-0.4, -0.2) is 23.7 Å². The molecule has 0 aromatic heterocycles. The minimum absolute atomic E-state index is 0.0325. The molecule has 88 valence electrons. The predicted octanol–water partition coefficient (Wildman–Crippen LogP) is 2.26. The van der Waals surface area contributed by atoms with Crippen LogP contribution in [0.25, 0.3) is 0 Å². The number of carbonyl (C=O) groups is 1. The number of hydrogen-bond acceptors (Lipinski definition) is 2. The van der Waals surface area contributed by atoms with E-state index in [0.717, 1.165) is 16.5 Å². The number of rotatable bonds is 4. The number of aliphatic hydroxyl groups is 1. The van der Waals surface area contributed by atoms with Crippen LogP contribution >= 0.6 is 15.9 Å². The van der Waals surface area contributed by atoms with Crippen LogP contribution in [0, 0.1) is 6.92 Å². The van der Waals surface area contributed by atoms with Gasteiger partial charge in [-0.1, -0.05) is 22.9 Å². The number of amides is 1. The predicted molar refractivity (Wildman–Crippen MR) is 67.5 cm³/mol. The van der Waals surface area contributed by atoms with Gasteiger partial charge in [0.2, 0.25) is 0 Å². The molecule has 3 nitrogen and oxygen atoms in total. The summed E-state index contributed by atoms with van der Waals surface area (Å²) in [5, 5.41) is 11.8. The van der Waals surface area contributed by atoms with Crippen LogP contribution in [0.1, 0.15) is 29.3 Å². The molecule has 0 saturated heterocycles. The molecule has 2 N–H and O–H groups in total. The van der Waals surface area contributed by atoms with Crippen molar-refractivity contribution in [2.75, 3.05) is 6.61 Å². The van der Waals surface area contributed by atoms with E-state index >= 15 is 0 Å². The summed E-state index contributed by atoms with van der Waals surface area (Å²) >= 11 is 3.35. The molecule has 0 radical (unpaired) electrons. The standard InChI is InChI=1S/C12H16BrNO2/c1-3-11(7-15)14-12(16)9-4-8(2)5-10(13)6-9/h4-6,11,15H,3,7H2,1-2H3,(H,14,16)/t11-/m0/s1. The van der Waals surface area contributed by atoms with Crippen molar-refractivity contribution in [1.29, 1.82) is 0 Å². The molecule has 0 aliphatic carbocycles. The van der Waals surface area contributed by atoms with Crippen LogP contribution < -0.4 is 5.32 Å². The molecular formula is C12H16BrNO2. The maximum Gasteiger partial charge on any atom is 0.251 e. The summed E-state index contributed by atoms with van der Waals surface area (Å²) < 4.78 is 0.884. The van der Waals surface area contributed by atoms with Crippen LogP contribution in [0.3, 0.4) is 0 Å². The number of aryl methyl sites for hydroxylation is 1. The molecule has 0 spiro atoms. The third-order valence-electron chi connectivity index (χ3n) is 2.35. The monoisotopic (exact) mass is 285 g/mol. The van der Waals surface area contributed by atoms with Crippen molar-refractivity contribution in [1.82, 2.24) is 5.32 Å². The van der Waals surface area contributed by atoms with Crippen LogP contribution in [0.2, 0.25) is 0 Å². The van der Waals surface area contributed by atoms with Crippen molar-refractivity contribution in [3.8, 4) is 0 Å². The van der Waals surface area contributed by atoms with E-state index in [1.807, 2.05) is 26.0 Å². The normalized spacial score (nSPS) is 12.2. The minimum atomic E-state index is -0.174. The number of nitrogens with one attached hydrogen (secondary N) is 1. The van der Waals surface area contributed by atoms with Gasteiger partial charge in [-0.3, -0.25) is 4.79 Å². The van der Waals surface area contributed by atoms with E-state index in [2.05, 4.69) is 21.2 Å². The van der Waals surface area contributed by atoms with Crippen LogP contribution in [0.4, 0.5) is 0 Å². The van der Waals surface area contributed by atoms with E-state index in [9.17, 15) is 4.79 Å². The lowest BCUT2D eigenvalue weighted by Crippen LogP contribution is -2.36. The molecule has 0 aliphatic heterocycles. The second kappa shape index (κ2) is 6.01. The Bertz CT molecular complexity index is 355. The van der Waals surface area contributed by atoms with Gasteiger partial charge in [0.05, 0.1) is 12.6 Å². The Hall–Kier alpha value is -0.870. The molecule has 1 aromatic rings. The zero-order chi connectivity index (χ0) is 12.1. The summed E-state index contributed by atoms with van der Waals surface area (Å²) in [6.45, 7) is 3.83. The van der Waals surface area contributed by atoms with Gasteiger partial charge in [-0.15, -0.1) is 0 Å². The Balaban J connectivity index is 2.80. The molecule has 4 heteroatoms. The third-order valence-corrected chi connectivity index (χ3v) is 2.81. The summed E-state index contributed by atoms with van der Waals surface area (Å²) in [6, 6.07) is 5.36. The van der Waals surface area contributed by atoms with Crippen molar-refractivity contribution >= 4 is 21.8 Å². The highest BCUT2D eigenvalue weighted by molar-refractivity contribution is 9.10. The fraction of sp³-hybridized carbons (Fsp3) is 0.417. The Labute approximate surface area is 104 Å². The van der Waals surface area contributed by atoms with E-state index in [0.29, 0.717) is 5.56 Å². The molecule has 0 heterocycles. The third kappa shape index (κ3) is 3.61. The number of hydrogen-bond donors (Lipinski definition) is 2. The Morgan fingerprint density at radius 2 is 2.19 bits per heavy atom. The van der Waals surface area contributed by atoms with Gasteiger partial charge in [0.25, 0.3) is 5.91 Å². The molecule has 0 aliphatic rings. The highest BCUT2D eigenvalue weighted by atomic mass is 79.9. The lowest BCUT2D eigenvalue weighted by molar-refractivity contribution is 0.0915. The zero-order valence-electron chi connectivity index (χ0n) is 9.46. The summed E-state index contributed by atoms with van der Waals surface area (Å²) in [6.07, 6.45) is 0.717. The average Bonchev–Trinajstić information content (AvgIpc) is 2.24. The van der Waals surface area contributed by atoms with Gasteiger partial charge in [-0.05, 0) is 37.1 Å². The topological polar surface area (TPSA) is 49.3 Å². The van der Waals surface area contributed by atoms with Crippen LogP contribution in [0.5, 0.6) is 0 Å². The molecule has 0 saturated carbocycles. The van der Waals surface area contributed by atoms with Gasteiger partial charge in [0, 0.05) is 10.0 Å². The molecule has 1 rings (SSSR count). The molecule has 1 amide bonds. The molecule has 0 unspecified atom stereocenters. The fourth-order valence-electron chi connectivity index (χ4n) is 1.41. The SMILES string of the molecule is CC[C@@H](CO)NC(=O)c1cc(C)cc(Br)c1. The summed E-state index contributed by atoms with van der Waals surface area (Å²) in [5.41, 5.74) is 1.63. The van der Waals surface area contributed by atoms with Crippen molar-refractivity contribution in [3.05, 3.63) is 33.8 Å². The van der Waals surface area contributed by atoms with Gasteiger partial charge in [-0.25, -0.2) is 0 Å².